The van der Waals surface area contributed by atoms with E-state index >= 15 is 0 Å². The Bertz CT molecular complexity index is 229. The lowest BCUT2D eigenvalue weighted by molar-refractivity contribution is -0.212. The maximum Gasteiger partial charge on any atom is 0.306 e. The second-order valence-corrected chi connectivity index (χ2v) is 9.44. The molecule has 0 aromatic rings. The third-order valence-corrected chi connectivity index (χ3v) is 6.14. The first kappa shape index (κ1) is 15.2. The lowest BCUT2D eigenvalue weighted by atomic mass is 10.3. The van der Waals surface area contributed by atoms with E-state index in [0.717, 1.165) is 0 Å². The van der Waals surface area contributed by atoms with Gasteiger partial charge in [-0.3, -0.25) is 0 Å². The molecule has 0 heterocycles. The van der Waals surface area contributed by atoms with E-state index in [9.17, 15) is 0 Å². The lowest BCUT2D eigenvalue weighted by Crippen LogP contribution is -2.56. The fourth-order valence-electron chi connectivity index (χ4n) is 1.27. The van der Waals surface area contributed by atoms with Crippen molar-refractivity contribution in [2.45, 2.75) is 11.5 Å². The summed E-state index contributed by atoms with van der Waals surface area (Å²) in [5.74, 6) is -1.15. The third kappa shape index (κ3) is 3.06. The van der Waals surface area contributed by atoms with Gasteiger partial charge < -0.3 is 14.2 Å². The molecule has 0 aliphatic rings. The number of hydrogen-bond acceptors (Lipinski definition) is 3. The summed E-state index contributed by atoms with van der Waals surface area (Å²) in [7, 11) is 4.42. The summed E-state index contributed by atoms with van der Waals surface area (Å²) in [5.41, 5.74) is 0.846. The summed E-state index contributed by atoms with van der Waals surface area (Å²) in [6.45, 7) is 4.38. The van der Waals surface area contributed by atoms with Crippen molar-refractivity contribution in [2.24, 2.45) is 0 Å². The predicted molar refractivity (Wildman–Crippen MR) is 65.4 cm³/mol. The van der Waals surface area contributed by atoms with Crippen LogP contribution in [0.1, 0.15) is 0 Å². The molecule has 0 fully saturated rings. The van der Waals surface area contributed by atoms with Crippen molar-refractivity contribution in [3.8, 4) is 0 Å². The molecule has 0 N–H and O–H groups in total. The minimum absolute atomic E-state index is 0.640. The third-order valence-electron chi connectivity index (χ3n) is 2.15. The number of methoxy groups -OCH3 is 3. The molecule has 0 bridgehead atoms. The maximum absolute atomic E-state index is 6.16. The van der Waals surface area contributed by atoms with Crippen LogP contribution < -0.4 is 0 Å². The van der Waals surface area contributed by atoms with E-state index in [1.54, 1.807) is 0 Å². The van der Waals surface area contributed by atoms with Gasteiger partial charge in [-0.1, -0.05) is 12.3 Å². The van der Waals surface area contributed by atoms with Gasteiger partial charge in [0.1, 0.15) is 5.73 Å². The van der Waals surface area contributed by atoms with E-state index < -0.39 is 18.2 Å². The quantitative estimate of drug-likeness (QED) is 0.308. The number of rotatable bonds is 7. The highest BCUT2D eigenvalue weighted by molar-refractivity contribution is 7.48. The maximum atomic E-state index is 6.16. The Morgan fingerprint density at radius 3 is 1.87 bits per heavy atom. The fourth-order valence-corrected chi connectivity index (χ4v) is 4.13. The number of ether oxygens (including phenoxy) is 3. The van der Waals surface area contributed by atoms with E-state index in [2.05, 4.69) is 13.2 Å². The molecule has 0 saturated carbocycles. The van der Waals surface area contributed by atoms with E-state index in [4.69, 9.17) is 36.4 Å². The molecule has 1 atom stereocenters. The summed E-state index contributed by atoms with van der Waals surface area (Å²) < 4.78 is 15.7. The van der Waals surface area contributed by atoms with E-state index in [1.165, 1.54) is 33.1 Å². The van der Waals surface area contributed by atoms with E-state index in [-0.39, 0.29) is 0 Å². The molecule has 0 aliphatic heterocycles. The Hall–Kier alpha value is 0.157. The van der Waals surface area contributed by atoms with Gasteiger partial charge in [-0.25, -0.2) is 0 Å². The van der Waals surface area contributed by atoms with Crippen LogP contribution in [0.4, 0.5) is 0 Å². The molecular formula is C9H16Cl2O3Si. The van der Waals surface area contributed by atoms with Crippen molar-refractivity contribution in [2.75, 3.05) is 21.3 Å². The molecule has 0 saturated heterocycles. The molecular weight excluding hydrogens is 255 g/mol. The van der Waals surface area contributed by atoms with Gasteiger partial charge in [-0.05, 0) is 6.08 Å². The molecule has 0 aromatic heterocycles. The topological polar surface area (TPSA) is 27.7 Å². The number of halogens is 2. The van der Waals surface area contributed by atoms with Crippen molar-refractivity contribution in [1.82, 2.24) is 0 Å². The molecule has 88 valence electrons. The standard InChI is InChI=1S/C9H16Cl2O3Si/c1-6-9(13-4,14-5)8(12-3)15(10,11)7-2/h6-8H,1-2H2,3-5H3. The first-order valence-electron chi connectivity index (χ1n) is 4.22. The summed E-state index contributed by atoms with van der Waals surface area (Å²) in [6, 6.07) is 0. The zero-order chi connectivity index (χ0) is 12.1. The van der Waals surface area contributed by atoms with Gasteiger partial charge in [0.2, 0.25) is 5.79 Å². The van der Waals surface area contributed by atoms with E-state index in [0.29, 0.717) is 0 Å². The average molecular weight is 271 g/mol. The minimum Gasteiger partial charge on any atom is -0.376 e. The largest absolute Gasteiger partial charge is 0.376 e. The highest BCUT2D eigenvalue weighted by Gasteiger charge is 2.50. The second kappa shape index (κ2) is 6.03. The Balaban J connectivity index is 5.24. The van der Waals surface area contributed by atoms with Gasteiger partial charge in [0.05, 0.1) is 0 Å². The van der Waals surface area contributed by atoms with Crippen LogP contribution in [-0.2, 0) is 14.2 Å². The molecule has 6 heteroatoms. The Morgan fingerprint density at radius 2 is 1.67 bits per heavy atom. The van der Waals surface area contributed by atoms with Crippen molar-refractivity contribution < 1.29 is 14.2 Å². The monoisotopic (exact) mass is 270 g/mol. The van der Waals surface area contributed by atoms with Crippen LogP contribution in [0.2, 0.25) is 0 Å². The normalized spacial score (nSPS) is 14.7. The first-order valence-corrected chi connectivity index (χ1v) is 8.40. The van der Waals surface area contributed by atoms with Crippen molar-refractivity contribution in [3.05, 3.63) is 24.9 Å². The summed E-state index contributed by atoms with van der Waals surface area (Å²) in [5, 5.41) is 0. The van der Waals surface area contributed by atoms with E-state index in [1.807, 2.05) is 0 Å². The highest BCUT2D eigenvalue weighted by atomic mass is 35.7. The second-order valence-electron chi connectivity index (χ2n) is 2.83. The molecule has 0 aliphatic carbocycles. The fraction of sp³-hybridized carbons (Fsp3) is 0.556. The van der Waals surface area contributed by atoms with Gasteiger partial charge in [-0.15, -0.1) is 28.7 Å². The summed E-state index contributed by atoms with van der Waals surface area (Å²) in [6.07, 6.45) is 1.47. The van der Waals surface area contributed by atoms with Gasteiger partial charge in [0, 0.05) is 21.3 Å². The Labute approximate surface area is 101 Å². The Kier molecular flexibility index (Phi) is 6.09. The minimum atomic E-state index is -2.84. The van der Waals surface area contributed by atoms with Crippen LogP contribution in [0.15, 0.2) is 24.9 Å². The molecule has 0 rings (SSSR count). The summed E-state index contributed by atoms with van der Waals surface area (Å²) in [4.78, 5) is 0. The average Bonchev–Trinajstić information content (AvgIpc) is 2.25. The van der Waals surface area contributed by atoms with Crippen LogP contribution in [0.25, 0.3) is 0 Å². The molecule has 0 radical (unpaired) electrons. The van der Waals surface area contributed by atoms with Crippen molar-refractivity contribution in [3.63, 3.8) is 0 Å². The lowest BCUT2D eigenvalue weighted by Gasteiger charge is -2.38. The number of hydrogen-bond donors (Lipinski definition) is 0. The molecule has 3 nitrogen and oxygen atoms in total. The summed E-state index contributed by atoms with van der Waals surface area (Å²) >= 11 is 12.3. The zero-order valence-corrected chi connectivity index (χ0v) is 11.6. The SMILES string of the molecule is C=CC(OC)(OC)C(OC)[Si](Cl)(Cl)C=C. The molecule has 15 heavy (non-hydrogen) atoms. The molecule has 0 aromatic carbocycles. The zero-order valence-electron chi connectivity index (χ0n) is 9.13. The van der Waals surface area contributed by atoms with Crippen LogP contribution in [0, 0.1) is 0 Å². The van der Waals surface area contributed by atoms with Gasteiger partial charge in [0.15, 0.2) is 0 Å². The molecule has 0 amide bonds. The van der Waals surface area contributed by atoms with Crippen molar-refractivity contribution in [1.29, 1.82) is 0 Å². The smallest absolute Gasteiger partial charge is 0.306 e. The van der Waals surface area contributed by atoms with Crippen LogP contribution in [-0.4, -0.2) is 39.5 Å². The van der Waals surface area contributed by atoms with Crippen LogP contribution >= 0.6 is 22.2 Å². The van der Waals surface area contributed by atoms with Gasteiger partial charge in [0.25, 0.3) is 0 Å². The van der Waals surface area contributed by atoms with Crippen LogP contribution in [0.3, 0.4) is 0 Å². The Morgan fingerprint density at radius 1 is 1.20 bits per heavy atom. The van der Waals surface area contributed by atoms with Gasteiger partial charge >= 0.3 is 6.69 Å². The van der Waals surface area contributed by atoms with Crippen LogP contribution in [0.5, 0.6) is 0 Å². The molecule has 0 spiro atoms. The molecule has 1 unspecified atom stereocenters. The highest BCUT2D eigenvalue weighted by Crippen LogP contribution is 2.33. The van der Waals surface area contributed by atoms with Crippen molar-refractivity contribution >= 4 is 28.9 Å². The van der Waals surface area contributed by atoms with Gasteiger partial charge in [-0.2, -0.15) is 0 Å². The predicted octanol–water partition coefficient (Wildman–Crippen LogP) is 2.36. The first-order chi connectivity index (χ1) is 6.94.